The van der Waals surface area contributed by atoms with Crippen molar-refractivity contribution < 1.29 is 0 Å². The Morgan fingerprint density at radius 2 is 2.11 bits per heavy atom. The topological polar surface area (TPSA) is 79.4 Å². The van der Waals surface area contributed by atoms with Gasteiger partial charge in [0.2, 0.25) is 0 Å². The van der Waals surface area contributed by atoms with Gasteiger partial charge in [0.15, 0.2) is 0 Å². The first kappa shape index (κ1) is 12.0. The van der Waals surface area contributed by atoms with Gasteiger partial charge in [0.25, 0.3) is 0 Å². The lowest BCUT2D eigenvalue weighted by Crippen LogP contribution is -2.10. The van der Waals surface area contributed by atoms with Crippen LogP contribution < -0.4 is 5.32 Å². The van der Waals surface area contributed by atoms with Crippen LogP contribution in [0, 0.1) is 0 Å². The number of anilines is 1. The molecule has 0 saturated heterocycles. The van der Waals surface area contributed by atoms with Crippen molar-refractivity contribution in [3.8, 4) is 0 Å². The third kappa shape index (κ3) is 2.41. The van der Waals surface area contributed by atoms with Crippen molar-refractivity contribution in [3.05, 3.63) is 41.2 Å². The molecule has 0 amide bonds. The van der Waals surface area contributed by atoms with E-state index >= 15 is 0 Å². The first-order valence-corrected chi connectivity index (χ1v) is 6.55. The Balaban J connectivity index is 1.98. The standard InChI is InChI=1S/C12H11BrN6/c1-7(11-16-6-17-19-11)18-12-9-4-8(13)2-3-10(9)14-5-15-12/h2-7H,1H3,(H,14,15,18)(H,16,17,19). The van der Waals surface area contributed by atoms with Crippen LogP contribution >= 0.6 is 15.9 Å². The van der Waals surface area contributed by atoms with Crippen molar-refractivity contribution in [2.75, 3.05) is 5.32 Å². The molecule has 96 valence electrons. The highest BCUT2D eigenvalue weighted by Crippen LogP contribution is 2.25. The quantitative estimate of drug-likeness (QED) is 0.776. The number of rotatable bonds is 3. The largest absolute Gasteiger partial charge is 0.360 e. The molecule has 0 aliphatic carbocycles. The minimum absolute atomic E-state index is 0.0143. The highest BCUT2D eigenvalue weighted by Gasteiger charge is 2.11. The number of aromatic amines is 1. The summed E-state index contributed by atoms with van der Waals surface area (Å²) in [5.74, 6) is 1.54. The third-order valence-corrected chi connectivity index (χ3v) is 3.29. The molecule has 1 aromatic carbocycles. The molecule has 0 bridgehead atoms. The second kappa shape index (κ2) is 4.93. The molecule has 2 heterocycles. The van der Waals surface area contributed by atoms with Gasteiger partial charge in [0, 0.05) is 9.86 Å². The molecule has 19 heavy (non-hydrogen) atoms. The van der Waals surface area contributed by atoms with Crippen LogP contribution in [0.5, 0.6) is 0 Å². The van der Waals surface area contributed by atoms with Gasteiger partial charge >= 0.3 is 0 Å². The Bertz CT molecular complexity index is 697. The fourth-order valence-electron chi connectivity index (χ4n) is 1.84. The smallest absolute Gasteiger partial charge is 0.146 e. The lowest BCUT2D eigenvalue weighted by atomic mass is 10.2. The SMILES string of the molecule is CC(Nc1ncnc2ccc(Br)cc12)c1ncn[nH]1. The molecule has 0 spiro atoms. The number of nitrogens with one attached hydrogen (secondary N) is 2. The van der Waals surface area contributed by atoms with E-state index in [4.69, 9.17) is 0 Å². The molecule has 1 unspecified atom stereocenters. The van der Waals surface area contributed by atoms with Crippen molar-refractivity contribution in [2.24, 2.45) is 0 Å². The van der Waals surface area contributed by atoms with Gasteiger partial charge in [-0.2, -0.15) is 5.10 Å². The first-order valence-electron chi connectivity index (χ1n) is 5.76. The molecule has 0 fully saturated rings. The average Bonchev–Trinajstić information content (AvgIpc) is 2.93. The third-order valence-electron chi connectivity index (χ3n) is 2.79. The average molecular weight is 319 g/mol. The van der Waals surface area contributed by atoms with E-state index in [1.54, 1.807) is 6.33 Å². The van der Waals surface area contributed by atoms with Crippen LogP contribution in [0.4, 0.5) is 5.82 Å². The van der Waals surface area contributed by atoms with Gasteiger partial charge in [0.1, 0.15) is 24.3 Å². The molecule has 3 aromatic rings. The summed E-state index contributed by atoms with van der Waals surface area (Å²) in [7, 11) is 0. The van der Waals surface area contributed by atoms with Crippen LogP contribution in [-0.2, 0) is 0 Å². The molecule has 0 aliphatic rings. The maximum absolute atomic E-state index is 4.29. The Labute approximate surface area is 117 Å². The molecule has 2 aromatic heterocycles. The zero-order valence-electron chi connectivity index (χ0n) is 10.1. The molecule has 3 rings (SSSR count). The van der Waals surface area contributed by atoms with Crippen LogP contribution in [-0.4, -0.2) is 25.1 Å². The number of benzene rings is 1. The van der Waals surface area contributed by atoms with E-state index in [0.717, 1.165) is 27.0 Å². The van der Waals surface area contributed by atoms with Gasteiger partial charge in [-0.05, 0) is 25.1 Å². The van der Waals surface area contributed by atoms with E-state index in [1.165, 1.54) is 6.33 Å². The second-order valence-corrected chi connectivity index (χ2v) is 5.04. The number of hydrogen-bond donors (Lipinski definition) is 2. The van der Waals surface area contributed by atoms with E-state index in [2.05, 4.69) is 46.4 Å². The van der Waals surface area contributed by atoms with Gasteiger partial charge in [-0.1, -0.05) is 15.9 Å². The van der Waals surface area contributed by atoms with Crippen molar-refractivity contribution in [1.82, 2.24) is 25.1 Å². The van der Waals surface area contributed by atoms with E-state index in [-0.39, 0.29) is 6.04 Å². The minimum Gasteiger partial charge on any atom is -0.360 e. The van der Waals surface area contributed by atoms with Crippen molar-refractivity contribution in [3.63, 3.8) is 0 Å². The summed E-state index contributed by atoms with van der Waals surface area (Å²) in [5, 5.41) is 11.0. The van der Waals surface area contributed by atoms with E-state index in [9.17, 15) is 0 Å². The Kier molecular flexibility index (Phi) is 3.12. The molecule has 0 aliphatic heterocycles. The number of aromatic nitrogens is 5. The summed E-state index contributed by atoms with van der Waals surface area (Å²) < 4.78 is 0.991. The van der Waals surface area contributed by atoms with Crippen LogP contribution in [0.1, 0.15) is 18.8 Å². The summed E-state index contributed by atoms with van der Waals surface area (Å²) in [6, 6.07) is 5.88. The lowest BCUT2D eigenvalue weighted by molar-refractivity contribution is 0.791. The molecule has 0 saturated carbocycles. The molecule has 6 nitrogen and oxygen atoms in total. The highest BCUT2D eigenvalue weighted by molar-refractivity contribution is 9.10. The summed E-state index contributed by atoms with van der Waals surface area (Å²) in [6.45, 7) is 1.99. The van der Waals surface area contributed by atoms with Crippen molar-refractivity contribution >= 4 is 32.7 Å². The lowest BCUT2D eigenvalue weighted by Gasteiger charge is -2.13. The summed E-state index contributed by atoms with van der Waals surface area (Å²) in [6.07, 6.45) is 3.04. The maximum Gasteiger partial charge on any atom is 0.146 e. The van der Waals surface area contributed by atoms with Gasteiger partial charge in [-0.3, -0.25) is 5.10 Å². The fourth-order valence-corrected chi connectivity index (χ4v) is 2.20. The summed E-state index contributed by atoms with van der Waals surface area (Å²) in [5.41, 5.74) is 0.894. The van der Waals surface area contributed by atoms with Crippen LogP contribution in [0.2, 0.25) is 0 Å². The number of hydrogen-bond acceptors (Lipinski definition) is 5. The molecular weight excluding hydrogens is 308 g/mol. The molecule has 7 heteroatoms. The van der Waals surface area contributed by atoms with E-state index in [0.29, 0.717) is 0 Å². The van der Waals surface area contributed by atoms with Gasteiger partial charge < -0.3 is 5.32 Å². The van der Waals surface area contributed by atoms with Crippen LogP contribution in [0.3, 0.4) is 0 Å². The van der Waals surface area contributed by atoms with E-state index < -0.39 is 0 Å². The summed E-state index contributed by atoms with van der Waals surface area (Å²) >= 11 is 3.46. The maximum atomic E-state index is 4.29. The number of H-pyrrole nitrogens is 1. The van der Waals surface area contributed by atoms with Crippen molar-refractivity contribution in [1.29, 1.82) is 0 Å². The van der Waals surface area contributed by atoms with Gasteiger partial charge in [0.05, 0.1) is 11.6 Å². The summed E-state index contributed by atoms with van der Waals surface area (Å²) in [4.78, 5) is 12.7. The predicted octanol–water partition coefficient (Wildman–Crippen LogP) is 2.68. The number of nitrogens with zero attached hydrogens (tertiary/aromatic N) is 4. The fraction of sp³-hybridized carbons (Fsp3) is 0.167. The minimum atomic E-state index is -0.0143. The van der Waals surface area contributed by atoms with Crippen LogP contribution in [0.15, 0.2) is 35.3 Å². The second-order valence-electron chi connectivity index (χ2n) is 4.12. The number of halogens is 1. The van der Waals surface area contributed by atoms with E-state index in [1.807, 2.05) is 25.1 Å². The monoisotopic (exact) mass is 318 g/mol. The predicted molar refractivity (Wildman–Crippen MR) is 75.7 cm³/mol. The van der Waals surface area contributed by atoms with Crippen LogP contribution in [0.25, 0.3) is 10.9 Å². The normalized spacial score (nSPS) is 12.5. The zero-order valence-corrected chi connectivity index (χ0v) is 11.7. The molecule has 1 atom stereocenters. The Morgan fingerprint density at radius 3 is 2.89 bits per heavy atom. The molecular formula is C12H11BrN6. The Morgan fingerprint density at radius 1 is 1.21 bits per heavy atom. The molecule has 2 N–H and O–H groups in total. The molecule has 0 radical (unpaired) electrons. The van der Waals surface area contributed by atoms with Gasteiger partial charge in [-0.25, -0.2) is 15.0 Å². The van der Waals surface area contributed by atoms with Gasteiger partial charge in [-0.15, -0.1) is 0 Å². The zero-order chi connectivity index (χ0) is 13.2. The Hall–Kier alpha value is -2.02. The first-order chi connectivity index (χ1) is 9.24. The van der Waals surface area contributed by atoms with Crippen molar-refractivity contribution in [2.45, 2.75) is 13.0 Å². The highest BCUT2D eigenvalue weighted by atomic mass is 79.9. The number of fused-ring (bicyclic) bond motifs is 1.